The number of hydrogen-bond acceptors (Lipinski definition) is 5. The standard InChI is InChI=1S/C24H27N5O/c1-17-14-20(29-11-2-3-12-29)5-4-19(17)15-28-13-8-21-22(16-28)26-23(27-24(21)30)18-6-9-25-10-7-18/h4-7,9-10,14H,2-3,8,11-13,15-16H2,1H3,(H,26,27,30). The van der Waals surface area contributed by atoms with Gasteiger partial charge in [0.15, 0.2) is 0 Å². The van der Waals surface area contributed by atoms with Gasteiger partial charge in [-0.15, -0.1) is 0 Å². The van der Waals surface area contributed by atoms with Gasteiger partial charge in [-0.05, 0) is 61.6 Å². The number of aromatic nitrogens is 3. The molecule has 30 heavy (non-hydrogen) atoms. The zero-order valence-electron chi connectivity index (χ0n) is 17.4. The molecule has 2 aliphatic rings. The van der Waals surface area contributed by atoms with Crippen LogP contribution in [-0.2, 0) is 19.5 Å². The maximum atomic E-state index is 12.6. The highest BCUT2D eigenvalue weighted by molar-refractivity contribution is 5.54. The van der Waals surface area contributed by atoms with Crippen LogP contribution in [0.25, 0.3) is 11.4 Å². The van der Waals surface area contributed by atoms with Gasteiger partial charge in [-0.1, -0.05) is 6.07 Å². The van der Waals surface area contributed by atoms with E-state index in [0.29, 0.717) is 12.4 Å². The Bertz CT molecular complexity index is 1100. The molecule has 6 heteroatoms. The molecule has 0 atom stereocenters. The van der Waals surface area contributed by atoms with Crippen LogP contribution in [-0.4, -0.2) is 39.5 Å². The van der Waals surface area contributed by atoms with Crippen molar-refractivity contribution in [2.45, 2.75) is 39.3 Å². The molecule has 0 amide bonds. The van der Waals surface area contributed by atoms with Gasteiger partial charge in [0.2, 0.25) is 0 Å². The molecule has 3 aromatic rings. The van der Waals surface area contributed by atoms with Crippen molar-refractivity contribution in [3.8, 4) is 11.4 Å². The van der Waals surface area contributed by atoms with E-state index >= 15 is 0 Å². The first-order valence-electron chi connectivity index (χ1n) is 10.8. The minimum atomic E-state index is -0.0161. The van der Waals surface area contributed by atoms with Gasteiger partial charge in [0.25, 0.3) is 5.56 Å². The molecule has 0 unspecified atom stereocenters. The van der Waals surface area contributed by atoms with Crippen LogP contribution in [0, 0.1) is 6.92 Å². The molecule has 1 aromatic carbocycles. The van der Waals surface area contributed by atoms with Gasteiger partial charge < -0.3 is 9.88 Å². The third kappa shape index (κ3) is 3.75. The van der Waals surface area contributed by atoms with Crippen molar-refractivity contribution < 1.29 is 0 Å². The highest BCUT2D eigenvalue weighted by atomic mass is 16.1. The summed E-state index contributed by atoms with van der Waals surface area (Å²) in [7, 11) is 0. The van der Waals surface area contributed by atoms with E-state index in [1.165, 1.54) is 42.7 Å². The minimum Gasteiger partial charge on any atom is -0.372 e. The Morgan fingerprint density at radius 2 is 1.87 bits per heavy atom. The monoisotopic (exact) mass is 401 g/mol. The molecule has 1 N–H and O–H groups in total. The van der Waals surface area contributed by atoms with Gasteiger partial charge >= 0.3 is 0 Å². The van der Waals surface area contributed by atoms with Gasteiger partial charge in [-0.25, -0.2) is 4.98 Å². The first-order valence-corrected chi connectivity index (χ1v) is 10.8. The van der Waals surface area contributed by atoms with Crippen molar-refractivity contribution in [2.24, 2.45) is 0 Å². The second-order valence-corrected chi connectivity index (χ2v) is 8.34. The Morgan fingerprint density at radius 1 is 1.07 bits per heavy atom. The summed E-state index contributed by atoms with van der Waals surface area (Å²) >= 11 is 0. The number of nitrogens with zero attached hydrogens (tertiary/aromatic N) is 4. The summed E-state index contributed by atoms with van der Waals surface area (Å²) in [6, 6.07) is 10.6. The van der Waals surface area contributed by atoms with Crippen molar-refractivity contribution in [2.75, 3.05) is 24.5 Å². The first-order chi connectivity index (χ1) is 14.7. The van der Waals surface area contributed by atoms with Crippen molar-refractivity contribution in [1.29, 1.82) is 0 Å². The Kier molecular flexibility index (Phi) is 5.09. The molecule has 1 saturated heterocycles. The SMILES string of the molecule is Cc1cc(N2CCCC2)ccc1CN1CCc2c(nc(-c3ccncc3)[nH]c2=O)C1. The van der Waals surface area contributed by atoms with Gasteiger partial charge in [-0.3, -0.25) is 14.7 Å². The summed E-state index contributed by atoms with van der Waals surface area (Å²) in [6.07, 6.45) is 6.76. The van der Waals surface area contributed by atoms with E-state index in [2.05, 4.69) is 44.9 Å². The lowest BCUT2D eigenvalue weighted by Crippen LogP contribution is -2.35. The van der Waals surface area contributed by atoms with Crippen LogP contribution in [0.1, 0.15) is 35.2 Å². The van der Waals surface area contributed by atoms with Gasteiger partial charge in [0.1, 0.15) is 5.82 Å². The molecular weight excluding hydrogens is 374 g/mol. The predicted octanol–water partition coefficient (Wildman–Crippen LogP) is 3.30. The summed E-state index contributed by atoms with van der Waals surface area (Å²) in [5.74, 6) is 0.620. The zero-order chi connectivity index (χ0) is 20.5. The fourth-order valence-electron chi connectivity index (χ4n) is 4.55. The average molecular weight is 402 g/mol. The van der Waals surface area contributed by atoms with Gasteiger partial charge in [0.05, 0.1) is 5.69 Å². The lowest BCUT2D eigenvalue weighted by atomic mass is 10.0. The number of benzene rings is 1. The summed E-state index contributed by atoms with van der Waals surface area (Å²) in [5.41, 5.74) is 6.61. The van der Waals surface area contributed by atoms with Crippen molar-refractivity contribution in [3.63, 3.8) is 0 Å². The van der Waals surface area contributed by atoms with E-state index in [0.717, 1.165) is 36.3 Å². The molecule has 154 valence electrons. The quantitative estimate of drug-likeness (QED) is 0.727. The number of nitrogens with one attached hydrogen (secondary N) is 1. The minimum absolute atomic E-state index is 0.0161. The Morgan fingerprint density at radius 3 is 2.63 bits per heavy atom. The number of pyridine rings is 1. The number of rotatable bonds is 4. The molecule has 0 bridgehead atoms. The average Bonchev–Trinajstić information content (AvgIpc) is 3.30. The normalized spacial score (nSPS) is 16.6. The third-order valence-corrected chi connectivity index (χ3v) is 6.30. The molecule has 0 aliphatic carbocycles. The molecule has 2 aromatic heterocycles. The van der Waals surface area contributed by atoms with Gasteiger partial charge in [0, 0.05) is 61.9 Å². The lowest BCUT2D eigenvalue weighted by molar-refractivity contribution is 0.240. The van der Waals surface area contributed by atoms with Gasteiger partial charge in [-0.2, -0.15) is 0 Å². The number of fused-ring (bicyclic) bond motifs is 1. The number of hydrogen-bond donors (Lipinski definition) is 1. The van der Waals surface area contributed by atoms with Crippen LogP contribution in [0.15, 0.2) is 47.5 Å². The lowest BCUT2D eigenvalue weighted by Gasteiger charge is -2.28. The number of aryl methyl sites for hydroxylation is 1. The van der Waals surface area contributed by atoms with E-state index in [9.17, 15) is 4.79 Å². The largest absolute Gasteiger partial charge is 0.372 e. The molecule has 6 nitrogen and oxygen atoms in total. The number of aromatic amines is 1. The predicted molar refractivity (Wildman–Crippen MR) is 119 cm³/mol. The van der Waals surface area contributed by atoms with Crippen LogP contribution in [0.5, 0.6) is 0 Å². The number of anilines is 1. The third-order valence-electron chi connectivity index (χ3n) is 6.30. The first kappa shape index (κ1) is 19.0. The van der Waals surface area contributed by atoms with Crippen molar-refractivity contribution in [1.82, 2.24) is 19.9 Å². The summed E-state index contributed by atoms with van der Waals surface area (Å²) in [6.45, 7) is 7.00. The van der Waals surface area contributed by atoms with E-state index in [1.54, 1.807) is 12.4 Å². The Hall–Kier alpha value is -2.99. The molecule has 1 fully saturated rings. The molecule has 0 radical (unpaired) electrons. The smallest absolute Gasteiger partial charge is 0.254 e. The van der Waals surface area contributed by atoms with E-state index in [-0.39, 0.29) is 5.56 Å². The van der Waals surface area contributed by atoms with Crippen molar-refractivity contribution >= 4 is 5.69 Å². The molecule has 2 aliphatic heterocycles. The Balaban J connectivity index is 1.35. The summed E-state index contributed by atoms with van der Waals surface area (Å²) in [4.78, 5) is 29.3. The fraction of sp³-hybridized carbons (Fsp3) is 0.375. The molecular formula is C24H27N5O. The van der Waals surface area contributed by atoms with Crippen LogP contribution in [0.4, 0.5) is 5.69 Å². The van der Waals surface area contributed by atoms with E-state index in [4.69, 9.17) is 4.98 Å². The summed E-state index contributed by atoms with van der Waals surface area (Å²) in [5, 5.41) is 0. The maximum Gasteiger partial charge on any atom is 0.254 e. The second-order valence-electron chi connectivity index (χ2n) is 8.34. The van der Waals surface area contributed by atoms with E-state index < -0.39 is 0 Å². The maximum absolute atomic E-state index is 12.6. The van der Waals surface area contributed by atoms with Crippen LogP contribution in [0.3, 0.4) is 0 Å². The summed E-state index contributed by atoms with van der Waals surface area (Å²) < 4.78 is 0. The van der Waals surface area contributed by atoms with Crippen LogP contribution in [0.2, 0.25) is 0 Å². The molecule has 5 rings (SSSR count). The second kappa shape index (κ2) is 8.03. The van der Waals surface area contributed by atoms with E-state index in [1.807, 2.05) is 12.1 Å². The number of H-pyrrole nitrogens is 1. The van der Waals surface area contributed by atoms with Crippen LogP contribution >= 0.6 is 0 Å². The highest BCUT2D eigenvalue weighted by Crippen LogP contribution is 2.25. The van der Waals surface area contributed by atoms with Crippen LogP contribution < -0.4 is 10.5 Å². The molecule has 4 heterocycles. The van der Waals surface area contributed by atoms with Crippen molar-refractivity contribution in [3.05, 3.63) is 75.5 Å². The fourth-order valence-corrected chi connectivity index (χ4v) is 4.55. The molecule has 0 saturated carbocycles. The highest BCUT2D eigenvalue weighted by Gasteiger charge is 2.22. The topological polar surface area (TPSA) is 65.1 Å². The Labute approximate surface area is 176 Å². The molecule has 0 spiro atoms. The zero-order valence-corrected chi connectivity index (χ0v) is 17.4.